The third kappa shape index (κ3) is 4.94. The number of imide groups is 1. The molecule has 0 aliphatic carbocycles. The van der Waals surface area contributed by atoms with E-state index in [1.54, 1.807) is 25.2 Å². The Balaban J connectivity index is 2.44. The minimum absolute atomic E-state index is 0.0472. The summed E-state index contributed by atoms with van der Waals surface area (Å²) >= 11 is 1.70. The van der Waals surface area contributed by atoms with Gasteiger partial charge in [0.25, 0.3) is 0 Å². The SMILES string of the molecule is CCNC(=O)NC(=O)C(C)NCC(C)(C)c1cccs1. The summed E-state index contributed by atoms with van der Waals surface area (Å²) in [5.74, 6) is -0.321. The first-order valence-corrected chi connectivity index (χ1v) is 7.61. The van der Waals surface area contributed by atoms with Crippen molar-refractivity contribution in [1.29, 1.82) is 0 Å². The van der Waals surface area contributed by atoms with Crippen LogP contribution in [0.3, 0.4) is 0 Å². The normalized spacial score (nSPS) is 12.8. The molecule has 0 saturated heterocycles. The topological polar surface area (TPSA) is 70.2 Å². The maximum Gasteiger partial charge on any atom is 0.321 e. The van der Waals surface area contributed by atoms with Gasteiger partial charge in [0, 0.05) is 23.4 Å². The van der Waals surface area contributed by atoms with E-state index < -0.39 is 12.1 Å². The van der Waals surface area contributed by atoms with Gasteiger partial charge in [-0.15, -0.1) is 11.3 Å². The molecule has 3 N–H and O–H groups in total. The molecule has 112 valence electrons. The van der Waals surface area contributed by atoms with Crippen molar-refractivity contribution in [3.05, 3.63) is 22.4 Å². The smallest absolute Gasteiger partial charge is 0.321 e. The number of rotatable bonds is 6. The first-order chi connectivity index (χ1) is 9.36. The van der Waals surface area contributed by atoms with Gasteiger partial charge in [-0.2, -0.15) is 0 Å². The molecule has 0 aliphatic rings. The second kappa shape index (κ2) is 7.40. The van der Waals surface area contributed by atoms with Crippen molar-refractivity contribution in [2.75, 3.05) is 13.1 Å². The highest BCUT2D eigenvalue weighted by molar-refractivity contribution is 7.10. The van der Waals surface area contributed by atoms with Crippen molar-refractivity contribution >= 4 is 23.3 Å². The van der Waals surface area contributed by atoms with Gasteiger partial charge < -0.3 is 10.6 Å². The Morgan fingerprint density at radius 1 is 1.40 bits per heavy atom. The van der Waals surface area contributed by atoms with Crippen LogP contribution in [-0.4, -0.2) is 31.1 Å². The zero-order valence-corrected chi connectivity index (χ0v) is 13.3. The molecular weight excluding hydrogens is 274 g/mol. The molecule has 1 rings (SSSR count). The van der Waals surface area contributed by atoms with Crippen LogP contribution in [0, 0.1) is 0 Å². The van der Waals surface area contributed by atoms with E-state index >= 15 is 0 Å². The third-order valence-electron chi connectivity index (χ3n) is 3.01. The van der Waals surface area contributed by atoms with Gasteiger partial charge in [-0.3, -0.25) is 10.1 Å². The Hall–Kier alpha value is -1.40. The van der Waals surface area contributed by atoms with Gasteiger partial charge in [-0.05, 0) is 25.3 Å². The molecule has 1 aromatic rings. The van der Waals surface area contributed by atoms with Crippen LogP contribution in [0.2, 0.25) is 0 Å². The lowest BCUT2D eigenvalue weighted by molar-refractivity contribution is -0.121. The number of thiophene rings is 1. The number of carbonyl (C=O) groups excluding carboxylic acids is 2. The highest BCUT2D eigenvalue weighted by Gasteiger charge is 2.24. The van der Waals surface area contributed by atoms with Gasteiger partial charge in [0.15, 0.2) is 0 Å². The quantitative estimate of drug-likeness (QED) is 0.750. The van der Waals surface area contributed by atoms with Gasteiger partial charge >= 0.3 is 6.03 Å². The zero-order chi connectivity index (χ0) is 15.2. The summed E-state index contributed by atoms with van der Waals surface area (Å²) in [7, 11) is 0. The zero-order valence-electron chi connectivity index (χ0n) is 12.4. The van der Waals surface area contributed by atoms with Crippen LogP contribution in [0.1, 0.15) is 32.6 Å². The monoisotopic (exact) mass is 297 g/mol. The predicted molar refractivity (Wildman–Crippen MR) is 82.0 cm³/mol. The van der Waals surface area contributed by atoms with Gasteiger partial charge in [-0.25, -0.2) is 4.79 Å². The van der Waals surface area contributed by atoms with E-state index in [2.05, 4.69) is 35.9 Å². The molecule has 0 spiro atoms. The minimum Gasteiger partial charge on any atom is -0.338 e. The molecule has 0 aliphatic heterocycles. The van der Waals surface area contributed by atoms with Crippen LogP contribution in [-0.2, 0) is 10.2 Å². The highest BCUT2D eigenvalue weighted by Crippen LogP contribution is 2.26. The molecule has 1 unspecified atom stereocenters. The third-order valence-corrected chi connectivity index (χ3v) is 4.24. The number of hydrogen-bond acceptors (Lipinski definition) is 4. The molecule has 5 nitrogen and oxygen atoms in total. The summed E-state index contributed by atoms with van der Waals surface area (Å²) in [6, 6.07) is 3.24. The molecular formula is C14H23N3O2S. The molecule has 20 heavy (non-hydrogen) atoms. The summed E-state index contributed by atoms with van der Waals surface area (Å²) in [5, 5.41) is 10.0. The summed E-state index contributed by atoms with van der Waals surface area (Å²) in [5.41, 5.74) is -0.0472. The number of amides is 3. The first kappa shape index (κ1) is 16.7. The van der Waals surface area contributed by atoms with Crippen molar-refractivity contribution in [3.63, 3.8) is 0 Å². The molecule has 3 amide bonds. The number of carbonyl (C=O) groups is 2. The van der Waals surface area contributed by atoms with E-state index in [4.69, 9.17) is 0 Å². The number of urea groups is 1. The standard InChI is InChI=1S/C14H23N3O2S/c1-5-15-13(19)17-12(18)10(2)16-9-14(3,4)11-7-6-8-20-11/h6-8,10,16H,5,9H2,1-4H3,(H2,15,17,18,19). The van der Waals surface area contributed by atoms with Crippen molar-refractivity contribution in [1.82, 2.24) is 16.0 Å². The highest BCUT2D eigenvalue weighted by atomic mass is 32.1. The Kier molecular flexibility index (Phi) is 6.16. The predicted octanol–water partition coefficient (Wildman–Crippen LogP) is 1.85. The van der Waals surface area contributed by atoms with Crippen LogP contribution in [0.5, 0.6) is 0 Å². The molecule has 0 aromatic carbocycles. The van der Waals surface area contributed by atoms with E-state index in [1.165, 1.54) is 4.88 Å². The Morgan fingerprint density at radius 2 is 2.10 bits per heavy atom. The lowest BCUT2D eigenvalue weighted by atomic mass is 9.91. The molecule has 0 saturated carbocycles. The minimum atomic E-state index is -0.455. The summed E-state index contributed by atoms with van der Waals surface area (Å²) < 4.78 is 0. The van der Waals surface area contributed by atoms with Gasteiger partial charge in [0.05, 0.1) is 6.04 Å². The van der Waals surface area contributed by atoms with Crippen molar-refractivity contribution < 1.29 is 9.59 Å². The van der Waals surface area contributed by atoms with Crippen molar-refractivity contribution in [2.45, 2.75) is 39.2 Å². The van der Waals surface area contributed by atoms with Crippen molar-refractivity contribution in [2.24, 2.45) is 0 Å². The van der Waals surface area contributed by atoms with Crippen LogP contribution in [0.4, 0.5) is 4.79 Å². The largest absolute Gasteiger partial charge is 0.338 e. The fraction of sp³-hybridized carbons (Fsp3) is 0.571. The second-order valence-corrected chi connectivity index (χ2v) is 6.26. The molecule has 1 aromatic heterocycles. The van der Waals surface area contributed by atoms with E-state index in [-0.39, 0.29) is 11.3 Å². The number of hydrogen-bond donors (Lipinski definition) is 3. The Morgan fingerprint density at radius 3 is 2.65 bits per heavy atom. The number of nitrogens with one attached hydrogen (secondary N) is 3. The summed E-state index contributed by atoms with van der Waals surface area (Å²) in [6.07, 6.45) is 0. The lowest BCUT2D eigenvalue weighted by Gasteiger charge is -2.25. The molecule has 0 bridgehead atoms. The fourth-order valence-electron chi connectivity index (χ4n) is 1.68. The first-order valence-electron chi connectivity index (χ1n) is 6.73. The maximum absolute atomic E-state index is 11.8. The average molecular weight is 297 g/mol. The summed E-state index contributed by atoms with van der Waals surface area (Å²) in [4.78, 5) is 24.3. The Bertz CT molecular complexity index is 443. The van der Waals surface area contributed by atoms with E-state index in [9.17, 15) is 9.59 Å². The maximum atomic E-state index is 11.8. The van der Waals surface area contributed by atoms with Crippen LogP contribution < -0.4 is 16.0 Å². The van der Waals surface area contributed by atoms with Gasteiger partial charge in [-0.1, -0.05) is 19.9 Å². The van der Waals surface area contributed by atoms with E-state index in [0.29, 0.717) is 13.1 Å². The molecule has 0 fully saturated rings. The lowest BCUT2D eigenvalue weighted by Crippen LogP contribution is -2.50. The average Bonchev–Trinajstić information content (AvgIpc) is 2.90. The van der Waals surface area contributed by atoms with E-state index in [0.717, 1.165) is 0 Å². The summed E-state index contributed by atoms with van der Waals surface area (Å²) in [6.45, 7) is 8.96. The van der Waals surface area contributed by atoms with Gasteiger partial charge in [0.1, 0.15) is 0 Å². The second-order valence-electron chi connectivity index (χ2n) is 5.31. The fourth-order valence-corrected chi connectivity index (χ4v) is 2.53. The van der Waals surface area contributed by atoms with Crippen LogP contribution in [0.15, 0.2) is 17.5 Å². The van der Waals surface area contributed by atoms with Gasteiger partial charge in [0.2, 0.25) is 5.91 Å². The molecule has 6 heteroatoms. The molecule has 0 radical (unpaired) electrons. The molecule has 1 atom stereocenters. The van der Waals surface area contributed by atoms with Crippen LogP contribution in [0.25, 0.3) is 0 Å². The Labute approximate surface area is 124 Å². The van der Waals surface area contributed by atoms with Crippen molar-refractivity contribution in [3.8, 4) is 0 Å². The van der Waals surface area contributed by atoms with E-state index in [1.807, 2.05) is 11.4 Å². The van der Waals surface area contributed by atoms with Crippen LogP contribution >= 0.6 is 11.3 Å². The molecule has 1 heterocycles.